The van der Waals surface area contributed by atoms with Crippen molar-refractivity contribution in [3.05, 3.63) is 42.1 Å². The van der Waals surface area contributed by atoms with E-state index in [1.807, 2.05) is 13.8 Å². The van der Waals surface area contributed by atoms with E-state index >= 15 is 0 Å². The van der Waals surface area contributed by atoms with Crippen molar-refractivity contribution in [2.24, 2.45) is 0 Å². The maximum atomic E-state index is 14.5. The molecule has 3 aromatic rings. The molecule has 8 nitrogen and oxygen atoms in total. The molecule has 0 spiro atoms. The number of pyridine rings is 1. The number of anilines is 1. The van der Waals surface area contributed by atoms with Crippen LogP contribution in [0.5, 0.6) is 5.88 Å². The number of nitrogens with one attached hydrogen (secondary N) is 2. The molecule has 1 aliphatic rings. The van der Waals surface area contributed by atoms with Crippen LogP contribution in [0.3, 0.4) is 0 Å². The molecule has 9 heteroatoms. The number of nitrogens with zero attached hydrogens (tertiary/aromatic N) is 3. The Bertz CT molecular complexity index is 1120. The van der Waals surface area contributed by atoms with Crippen LogP contribution in [0.4, 0.5) is 10.1 Å². The first-order valence-corrected chi connectivity index (χ1v) is 10.8. The summed E-state index contributed by atoms with van der Waals surface area (Å²) in [5, 5.41) is 20.5. The molecule has 4 rings (SSSR count). The molecule has 0 radical (unpaired) electrons. The molecule has 0 aliphatic heterocycles. The number of rotatable bonds is 6. The first-order chi connectivity index (χ1) is 15.4. The normalized spacial score (nSPS) is 18.7. The third-order valence-corrected chi connectivity index (χ3v) is 5.70. The number of methoxy groups -OCH3 is 1. The van der Waals surface area contributed by atoms with Crippen LogP contribution >= 0.6 is 0 Å². The van der Waals surface area contributed by atoms with Crippen molar-refractivity contribution >= 4 is 17.1 Å². The number of carbonyl (C=O) groups excluding carboxylic acids is 1. The van der Waals surface area contributed by atoms with Crippen LogP contribution < -0.4 is 15.4 Å². The number of aliphatic hydroxyl groups excluding tert-OH is 1. The lowest BCUT2D eigenvalue weighted by Crippen LogP contribution is -2.39. The molecule has 0 saturated heterocycles. The van der Waals surface area contributed by atoms with Crippen LogP contribution in [-0.2, 0) is 0 Å². The highest BCUT2D eigenvalue weighted by Gasteiger charge is 2.24. The quantitative estimate of drug-likeness (QED) is 0.542. The van der Waals surface area contributed by atoms with Crippen LogP contribution in [0, 0.1) is 5.82 Å². The highest BCUT2D eigenvalue weighted by Crippen LogP contribution is 2.31. The molecule has 0 atom stereocenters. The van der Waals surface area contributed by atoms with Gasteiger partial charge in [-0.3, -0.25) is 4.79 Å². The Kier molecular flexibility index (Phi) is 6.27. The first-order valence-electron chi connectivity index (χ1n) is 10.8. The van der Waals surface area contributed by atoms with Gasteiger partial charge in [0, 0.05) is 35.5 Å². The van der Waals surface area contributed by atoms with Crippen molar-refractivity contribution in [3.63, 3.8) is 0 Å². The number of halogens is 1. The van der Waals surface area contributed by atoms with Gasteiger partial charge >= 0.3 is 0 Å². The Balaban J connectivity index is 1.72. The number of aromatic nitrogens is 3. The minimum atomic E-state index is -0.475. The lowest BCUT2D eigenvalue weighted by atomic mass is 9.93. The zero-order valence-corrected chi connectivity index (χ0v) is 18.4. The van der Waals surface area contributed by atoms with Gasteiger partial charge < -0.3 is 20.5 Å². The predicted molar refractivity (Wildman–Crippen MR) is 119 cm³/mol. The Labute approximate surface area is 185 Å². The predicted octanol–water partition coefficient (Wildman–Crippen LogP) is 3.40. The summed E-state index contributed by atoms with van der Waals surface area (Å²) in [6.45, 7) is 3.97. The zero-order valence-electron chi connectivity index (χ0n) is 18.4. The van der Waals surface area contributed by atoms with Crippen molar-refractivity contribution in [1.82, 2.24) is 19.9 Å². The van der Waals surface area contributed by atoms with E-state index < -0.39 is 5.82 Å². The lowest BCUT2D eigenvalue weighted by molar-refractivity contribution is 0.0868. The highest BCUT2D eigenvalue weighted by molar-refractivity contribution is 6.03. The van der Waals surface area contributed by atoms with Gasteiger partial charge in [-0.25, -0.2) is 13.9 Å². The van der Waals surface area contributed by atoms with Crippen molar-refractivity contribution < 1.29 is 19.0 Å². The molecule has 3 aromatic heterocycles. The van der Waals surface area contributed by atoms with E-state index in [4.69, 9.17) is 4.74 Å². The summed E-state index contributed by atoms with van der Waals surface area (Å²) < 4.78 is 21.2. The van der Waals surface area contributed by atoms with Crippen molar-refractivity contribution in [2.45, 2.75) is 57.7 Å². The van der Waals surface area contributed by atoms with Crippen LogP contribution in [0.2, 0.25) is 0 Å². The number of hydrogen-bond donors (Lipinski definition) is 3. The van der Waals surface area contributed by atoms with Crippen LogP contribution in [0.1, 0.15) is 49.9 Å². The first kappa shape index (κ1) is 22.0. The maximum Gasteiger partial charge on any atom is 0.255 e. The number of amides is 1. The van der Waals surface area contributed by atoms with E-state index in [1.54, 1.807) is 16.8 Å². The van der Waals surface area contributed by atoms with E-state index in [0.717, 1.165) is 19.0 Å². The molecular weight excluding hydrogens is 413 g/mol. The van der Waals surface area contributed by atoms with Gasteiger partial charge in [0.25, 0.3) is 5.91 Å². The second-order valence-electron chi connectivity index (χ2n) is 8.48. The average molecular weight is 442 g/mol. The van der Waals surface area contributed by atoms with E-state index in [1.165, 1.54) is 19.4 Å². The maximum absolute atomic E-state index is 14.5. The van der Waals surface area contributed by atoms with Crippen molar-refractivity contribution in [1.29, 1.82) is 0 Å². The number of aliphatic hydroxyl groups is 1. The van der Waals surface area contributed by atoms with Crippen LogP contribution in [-0.4, -0.2) is 50.9 Å². The van der Waals surface area contributed by atoms with Gasteiger partial charge in [-0.05, 0) is 45.6 Å². The summed E-state index contributed by atoms with van der Waals surface area (Å²) >= 11 is 0. The summed E-state index contributed by atoms with van der Waals surface area (Å²) in [5.41, 5.74) is 2.66. The smallest absolute Gasteiger partial charge is 0.255 e. The topological polar surface area (TPSA) is 101 Å². The monoisotopic (exact) mass is 441 g/mol. The summed E-state index contributed by atoms with van der Waals surface area (Å²) in [7, 11) is 1.48. The Morgan fingerprint density at radius 2 is 2.00 bits per heavy atom. The molecule has 170 valence electrons. The van der Waals surface area contributed by atoms with Gasteiger partial charge in [-0.2, -0.15) is 5.10 Å². The fraction of sp³-hybridized carbons (Fsp3) is 0.435. The van der Waals surface area contributed by atoms with Gasteiger partial charge in [0.15, 0.2) is 0 Å². The Morgan fingerprint density at radius 1 is 1.25 bits per heavy atom. The van der Waals surface area contributed by atoms with Crippen molar-refractivity contribution in [2.75, 3.05) is 12.4 Å². The average Bonchev–Trinajstić information content (AvgIpc) is 3.20. The van der Waals surface area contributed by atoms with Crippen molar-refractivity contribution in [3.8, 4) is 17.0 Å². The van der Waals surface area contributed by atoms with E-state index in [-0.39, 0.29) is 24.1 Å². The number of carbonyl (C=O) groups is 1. The second kappa shape index (κ2) is 9.12. The van der Waals surface area contributed by atoms with Crippen LogP contribution in [0.15, 0.2) is 30.7 Å². The molecule has 0 unspecified atom stereocenters. The summed E-state index contributed by atoms with van der Waals surface area (Å²) in [6, 6.07) is 3.41. The minimum absolute atomic E-state index is 0.0229. The molecule has 1 aliphatic carbocycles. The molecule has 3 heterocycles. The molecule has 3 N–H and O–H groups in total. The molecule has 0 aromatic carbocycles. The summed E-state index contributed by atoms with van der Waals surface area (Å²) in [5.74, 6) is -0.385. The molecule has 32 heavy (non-hydrogen) atoms. The molecule has 1 saturated carbocycles. The zero-order chi connectivity index (χ0) is 22.8. The number of ether oxygens (including phenoxy) is 1. The number of hydrogen-bond acceptors (Lipinski definition) is 6. The summed E-state index contributed by atoms with van der Waals surface area (Å²) in [4.78, 5) is 17.0. The highest BCUT2D eigenvalue weighted by atomic mass is 19.1. The fourth-order valence-electron chi connectivity index (χ4n) is 4.05. The van der Waals surface area contributed by atoms with Gasteiger partial charge in [0.2, 0.25) is 5.88 Å². The number of fused-ring (bicyclic) bond motifs is 1. The molecular formula is C23H28FN5O3. The fourth-order valence-corrected chi connectivity index (χ4v) is 4.05. The Morgan fingerprint density at radius 3 is 2.69 bits per heavy atom. The van der Waals surface area contributed by atoms with E-state index in [9.17, 15) is 14.3 Å². The summed E-state index contributed by atoms with van der Waals surface area (Å²) in [6.07, 6.45) is 6.93. The third kappa shape index (κ3) is 4.52. The largest absolute Gasteiger partial charge is 0.481 e. The third-order valence-electron chi connectivity index (χ3n) is 5.70. The molecule has 1 amide bonds. The van der Waals surface area contributed by atoms with Gasteiger partial charge in [-0.15, -0.1) is 0 Å². The van der Waals surface area contributed by atoms with Gasteiger partial charge in [0.1, 0.15) is 5.82 Å². The van der Waals surface area contributed by atoms with Gasteiger partial charge in [0.05, 0.1) is 42.4 Å². The van der Waals surface area contributed by atoms with E-state index in [0.29, 0.717) is 46.6 Å². The molecule has 0 bridgehead atoms. The van der Waals surface area contributed by atoms with Crippen LogP contribution in [0.25, 0.3) is 16.6 Å². The van der Waals surface area contributed by atoms with E-state index in [2.05, 4.69) is 20.7 Å². The van der Waals surface area contributed by atoms with Gasteiger partial charge in [-0.1, -0.05) is 0 Å². The standard InChI is InChI=1S/C23H28FN5O3/c1-13(2)27-22-18(23(31)28-15-4-6-16(30)7-5-15)10-26-29-12-14(8-20(22)29)17-9-21(32-3)25-11-19(17)24/h8-13,15-16,27,30H,4-7H2,1-3H3,(H,28,31). The minimum Gasteiger partial charge on any atom is -0.481 e. The molecule has 1 fully saturated rings. The Hall–Kier alpha value is -3.20. The SMILES string of the molecule is COc1cc(-c2cc3c(NC(C)C)c(C(=O)NC4CCC(O)CC4)cnn3c2)c(F)cn1. The second-order valence-corrected chi connectivity index (χ2v) is 8.48. The lowest BCUT2D eigenvalue weighted by Gasteiger charge is -2.26.